The summed E-state index contributed by atoms with van der Waals surface area (Å²) in [5.74, 6) is 4.12. The molecule has 0 radical (unpaired) electrons. The van der Waals surface area contributed by atoms with Gasteiger partial charge in [-0.15, -0.1) is 0 Å². The number of allylic oxidation sites excluding steroid dienone is 2. The zero-order valence-corrected chi connectivity index (χ0v) is 25.1. The van der Waals surface area contributed by atoms with Crippen LogP contribution in [0.3, 0.4) is 0 Å². The minimum absolute atomic E-state index is 0.895. The van der Waals surface area contributed by atoms with Gasteiger partial charge in [0.15, 0.2) is 0 Å². The fourth-order valence-corrected chi connectivity index (χ4v) is 4.81. The van der Waals surface area contributed by atoms with Crippen molar-refractivity contribution in [3.05, 3.63) is 88.0 Å². The summed E-state index contributed by atoms with van der Waals surface area (Å²) in [6.07, 6.45) is 18.0. The fraction of sp³-hybridized carbons (Fsp3) is 0.529. The maximum absolute atomic E-state index is 11.3. The molecule has 1 aliphatic heterocycles. The minimum atomic E-state index is 0.895. The van der Waals surface area contributed by atoms with E-state index in [1.54, 1.807) is 14.4 Å². The zero-order chi connectivity index (χ0) is 26.9. The molecule has 0 fully saturated rings. The van der Waals surface area contributed by atoms with Crippen LogP contribution in [0.15, 0.2) is 60.2 Å². The Morgan fingerprint density at radius 3 is 1.57 bits per heavy atom. The topological polar surface area (TPSA) is 25.3 Å². The first-order valence-corrected chi connectivity index (χ1v) is 16.4. The van der Waals surface area contributed by atoms with Crippen molar-refractivity contribution in [1.82, 2.24) is 0 Å². The molecule has 1 heterocycles. The van der Waals surface area contributed by atoms with E-state index in [1.807, 2.05) is 0 Å². The van der Waals surface area contributed by atoms with Gasteiger partial charge < -0.3 is 5.53 Å². The van der Waals surface area contributed by atoms with Crippen LogP contribution in [0.25, 0.3) is 16.9 Å². The van der Waals surface area contributed by atoms with Crippen LogP contribution in [0.5, 0.6) is 0 Å². The second-order valence-electron chi connectivity index (χ2n) is 10.2. The van der Waals surface area contributed by atoms with Gasteiger partial charge in [0.25, 0.3) is 0 Å². The molecule has 1 aliphatic rings. The Kier molecular flexibility index (Phi) is 15.4. The van der Waals surface area contributed by atoms with Gasteiger partial charge in [0.2, 0.25) is 11.4 Å². The monoisotopic (exact) mass is 544 g/mol. The molecule has 0 bridgehead atoms. The summed E-state index contributed by atoms with van der Waals surface area (Å²) in [5, 5.41) is 0. The molecule has 3 rings (SSSR count). The van der Waals surface area contributed by atoms with E-state index in [4.69, 9.17) is 0 Å². The predicted octanol–water partition coefficient (Wildman–Crippen LogP) is 11.1. The van der Waals surface area contributed by atoms with Gasteiger partial charge >= 0.3 is 26.2 Å². The van der Waals surface area contributed by atoms with Crippen LogP contribution >= 0.6 is 0 Å². The Balaban J connectivity index is 0.00000153. The Morgan fingerprint density at radius 1 is 0.595 bits per heavy atom. The standard InChI is InChI=1S/C32H44N2.2CH3.Ni/c1-4-7-10-12-15-27-19-23-29(24-20-27)32-30(16-13-11-8-5-2)25-31(34(32)33)28-21-17-26(18-22-28)14-9-6-3;;;/h17-25H,4-16H2,1-3H3;2*1H3;. The van der Waals surface area contributed by atoms with Crippen molar-refractivity contribution >= 4 is 11.4 Å². The van der Waals surface area contributed by atoms with Crippen molar-refractivity contribution in [2.45, 2.75) is 116 Å². The van der Waals surface area contributed by atoms with Gasteiger partial charge in [-0.3, -0.25) is 0 Å². The average molecular weight is 545 g/mol. The summed E-state index contributed by atoms with van der Waals surface area (Å²) < 4.78 is 1.44. The molecule has 0 saturated heterocycles. The molecule has 206 valence electrons. The predicted molar refractivity (Wildman–Crippen MR) is 158 cm³/mol. The quantitative estimate of drug-likeness (QED) is 0.121. The number of unbranched alkanes of at least 4 members (excludes halogenated alkanes) is 7. The summed E-state index contributed by atoms with van der Waals surface area (Å²) in [6.45, 7) is 6.74. The van der Waals surface area contributed by atoms with E-state index >= 15 is 0 Å². The van der Waals surface area contributed by atoms with Crippen LogP contribution < -0.4 is 0 Å². The Labute approximate surface area is 234 Å². The molecule has 0 aliphatic carbocycles. The van der Waals surface area contributed by atoms with Crippen molar-refractivity contribution in [1.29, 1.82) is 0 Å². The molecule has 0 amide bonds. The Hall–Kier alpha value is -1.99. The Bertz CT molecular complexity index is 983. The van der Waals surface area contributed by atoms with Crippen molar-refractivity contribution in [3.63, 3.8) is 0 Å². The Morgan fingerprint density at radius 2 is 1.05 bits per heavy atom. The van der Waals surface area contributed by atoms with Crippen molar-refractivity contribution in [3.8, 4) is 0 Å². The summed E-state index contributed by atoms with van der Waals surface area (Å²) in [6, 6.07) is 17.6. The second kappa shape index (κ2) is 18.3. The first kappa shape index (κ1) is 31.2. The van der Waals surface area contributed by atoms with Crippen molar-refractivity contribution in [2.24, 2.45) is 0 Å². The summed E-state index contributed by atoms with van der Waals surface area (Å²) in [5.41, 5.74) is 19.4. The van der Waals surface area contributed by atoms with Crippen LogP contribution in [0.4, 0.5) is 0 Å². The van der Waals surface area contributed by atoms with Crippen LogP contribution in [-0.4, -0.2) is 4.70 Å². The van der Waals surface area contributed by atoms with Gasteiger partial charge in [-0.1, -0.05) is 90.0 Å². The molecule has 0 unspecified atom stereocenters. The van der Waals surface area contributed by atoms with E-state index in [-0.39, 0.29) is 0 Å². The molecule has 0 atom stereocenters. The van der Waals surface area contributed by atoms with Gasteiger partial charge in [0, 0.05) is 22.8 Å². The van der Waals surface area contributed by atoms with E-state index in [0.717, 1.165) is 48.2 Å². The maximum atomic E-state index is 11.3. The van der Waals surface area contributed by atoms with Crippen molar-refractivity contribution in [2.75, 3.05) is 0 Å². The van der Waals surface area contributed by atoms with E-state index in [2.05, 4.69) is 87.2 Å². The summed E-state index contributed by atoms with van der Waals surface area (Å²) >= 11 is 1.62. The summed E-state index contributed by atoms with van der Waals surface area (Å²) in [4.78, 5) is 0. The average Bonchev–Trinajstić information content (AvgIpc) is 3.25. The van der Waals surface area contributed by atoms with Crippen molar-refractivity contribution < 1.29 is 19.1 Å². The third-order valence-electron chi connectivity index (χ3n) is 6.97. The summed E-state index contributed by atoms with van der Waals surface area (Å²) in [7, 11) is 0. The van der Waals surface area contributed by atoms with Gasteiger partial charge in [-0.2, -0.15) is 0 Å². The SMILES string of the molecule is CCCCCCC1=C(c2ccc(CCCCCC)cc2)[N+](=[N-])C(c2ccc(CCCC)cc2)=C1.[CH3][Ni][CH3]. The van der Waals surface area contributed by atoms with Crippen LogP contribution in [0.1, 0.15) is 114 Å². The fourth-order valence-electron chi connectivity index (χ4n) is 4.81. The molecular weight excluding hydrogens is 495 g/mol. The molecule has 3 heteroatoms. The number of benzene rings is 2. The number of rotatable bonds is 15. The molecule has 2 nitrogen and oxygen atoms in total. The third-order valence-corrected chi connectivity index (χ3v) is 6.97. The molecule has 0 spiro atoms. The molecule has 2 aromatic rings. The van der Waals surface area contributed by atoms with Gasteiger partial charge in [0.1, 0.15) is 0 Å². The van der Waals surface area contributed by atoms with Gasteiger partial charge in [-0.05, 0) is 73.9 Å². The molecular formula is C34H50N2Ni. The normalized spacial score (nSPS) is 13.1. The van der Waals surface area contributed by atoms with Crippen LogP contribution in [0.2, 0.25) is 11.8 Å². The van der Waals surface area contributed by atoms with E-state index in [9.17, 15) is 5.53 Å². The van der Waals surface area contributed by atoms with Gasteiger partial charge in [-0.25, -0.2) is 4.70 Å². The van der Waals surface area contributed by atoms with E-state index in [0.29, 0.717) is 0 Å². The van der Waals surface area contributed by atoms with E-state index < -0.39 is 0 Å². The first-order chi connectivity index (χ1) is 18.1. The van der Waals surface area contributed by atoms with Crippen LogP contribution in [-0.2, 0) is 27.3 Å². The number of hydrogen-bond acceptors (Lipinski definition) is 0. The second-order valence-corrected chi connectivity index (χ2v) is 11.1. The number of aryl methyl sites for hydroxylation is 2. The molecule has 0 saturated carbocycles. The number of hydrogen-bond donors (Lipinski definition) is 0. The molecule has 2 aromatic carbocycles. The van der Waals surface area contributed by atoms with E-state index in [1.165, 1.54) is 79.2 Å². The first-order valence-electron chi connectivity index (χ1n) is 14.4. The molecule has 0 N–H and O–H groups in total. The third kappa shape index (κ3) is 10.4. The molecule has 37 heavy (non-hydrogen) atoms. The number of nitrogens with zero attached hydrogens (tertiary/aromatic N) is 2. The zero-order valence-electron chi connectivity index (χ0n) is 24.1. The van der Waals surface area contributed by atoms with Crippen LogP contribution in [0, 0.1) is 0 Å². The molecule has 0 aromatic heterocycles. The van der Waals surface area contributed by atoms with Gasteiger partial charge in [0.05, 0.1) is 0 Å².